The van der Waals surface area contributed by atoms with Crippen LogP contribution in [-0.2, 0) is 11.3 Å². The number of thiophene rings is 1. The van der Waals surface area contributed by atoms with Crippen LogP contribution in [0.4, 0.5) is 0 Å². The first-order valence-electron chi connectivity index (χ1n) is 7.67. The second kappa shape index (κ2) is 6.36. The van der Waals surface area contributed by atoms with Crippen LogP contribution in [0.5, 0.6) is 0 Å². The molecule has 2 heterocycles. The van der Waals surface area contributed by atoms with Gasteiger partial charge in [-0.25, -0.2) is 0 Å². The third-order valence-corrected chi connectivity index (χ3v) is 5.44. The number of aryl methyl sites for hydroxylation is 1. The maximum absolute atomic E-state index is 11.5. The number of carbonyl (C=O) groups excluding carboxylic acids is 1. The lowest BCUT2D eigenvalue weighted by atomic mass is 10.1. The minimum absolute atomic E-state index is 0.0399. The van der Waals surface area contributed by atoms with Gasteiger partial charge < -0.3 is 10.0 Å². The highest BCUT2D eigenvalue weighted by molar-refractivity contribution is 7.19. The zero-order valence-corrected chi connectivity index (χ0v) is 13.9. The number of amides is 1. The fraction of sp³-hybridized carbons (Fsp3) is 0.471. The van der Waals surface area contributed by atoms with E-state index in [1.807, 2.05) is 11.3 Å². The van der Waals surface area contributed by atoms with Gasteiger partial charge in [-0.2, -0.15) is 0 Å². The first-order valence-corrected chi connectivity index (χ1v) is 8.49. The summed E-state index contributed by atoms with van der Waals surface area (Å²) in [4.78, 5) is 16.9. The van der Waals surface area contributed by atoms with E-state index in [4.69, 9.17) is 0 Å². The highest BCUT2D eigenvalue weighted by Crippen LogP contribution is 2.31. The van der Waals surface area contributed by atoms with Crippen molar-refractivity contribution in [1.29, 1.82) is 0 Å². The Morgan fingerprint density at radius 2 is 2.09 bits per heavy atom. The summed E-state index contributed by atoms with van der Waals surface area (Å²) >= 11 is 1.83. The first-order chi connectivity index (χ1) is 10.5. The molecule has 0 spiro atoms. The summed E-state index contributed by atoms with van der Waals surface area (Å²) in [6.45, 7) is 7.12. The molecule has 1 N–H and O–H groups in total. The van der Waals surface area contributed by atoms with Crippen molar-refractivity contribution in [2.75, 3.05) is 26.2 Å². The zero-order chi connectivity index (χ0) is 15.7. The summed E-state index contributed by atoms with van der Waals surface area (Å²) in [6, 6.07) is 8.48. The Morgan fingerprint density at radius 3 is 2.86 bits per heavy atom. The highest BCUT2D eigenvalue weighted by atomic mass is 32.1. The van der Waals surface area contributed by atoms with Crippen molar-refractivity contribution < 1.29 is 9.90 Å². The van der Waals surface area contributed by atoms with Gasteiger partial charge in [0.2, 0.25) is 5.91 Å². The van der Waals surface area contributed by atoms with Gasteiger partial charge in [0.15, 0.2) is 0 Å². The maximum atomic E-state index is 11.5. The molecule has 0 saturated carbocycles. The molecular formula is C17H22N2O2S. The van der Waals surface area contributed by atoms with Crippen LogP contribution in [0.15, 0.2) is 24.3 Å². The normalized spacial score (nSPS) is 20.3. The number of rotatable bonds is 2. The molecule has 0 bridgehead atoms. The van der Waals surface area contributed by atoms with Crippen molar-refractivity contribution in [2.45, 2.75) is 26.5 Å². The van der Waals surface area contributed by atoms with E-state index in [1.54, 1.807) is 11.8 Å². The standard InChI is InChI=1S/C17H22N2O2S/c1-12-16(15-5-3-4-6-17(15)22-12)11-18-7-8-19(13(2)20)10-14(21)9-18/h3-6,14,21H,7-11H2,1-2H3/t14-/m1/s1. The number of aliphatic hydroxyl groups is 1. The fourth-order valence-electron chi connectivity index (χ4n) is 3.13. The largest absolute Gasteiger partial charge is 0.390 e. The van der Waals surface area contributed by atoms with Crippen molar-refractivity contribution in [3.63, 3.8) is 0 Å². The molecule has 1 amide bonds. The Morgan fingerprint density at radius 1 is 1.32 bits per heavy atom. The molecule has 4 nitrogen and oxygen atoms in total. The summed E-state index contributed by atoms with van der Waals surface area (Å²) in [6.07, 6.45) is -0.475. The van der Waals surface area contributed by atoms with Crippen LogP contribution in [0.1, 0.15) is 17.4 Å². The first kappa shape index (κ1) is 15.5. The molecule has 118 valence electrons. The average Bonchev–Trinajstić information content (AvgIpc) is 2.66. The number of aliphatic hydroxyl groups excluding tert-OH is 1. The van der Waals surface area contributed by atoms with Crippen molar-refractivity contribution in [3.8, 4) is 0 Å². The molecule has 0 aliphatic carbocycles. The third kappa shape index (κ3) is 3.16. The quantitative estimate of drug-likeness (QED) is 0.923. The summed E-state index contributed by atoms with van der Waals surface area (Å²) in [5.74, 6) is 0.0399. The molecule has 1 saturated heterocycles. The van der Waals surface area contributed by atoms with Crippen molar-refractivity contribution in [1.82, 2.24) is 9.80 Å². The molecule has 1 aliphatic rings. The number of carbonyl (C=O) groups is 1. The molecule has 1 aromatic heterocycles. The van der Waals surface area contributed by atoms with Gasteiger partial charge in [0.25, 0.3) is 0 Å². The van der Waals surface area contributed by atoms with Crippen LogP contribution >= 0.6 is 11.3 Å². The Balaban J connectivity index is 1.80. The van der Waals surface area contributed by atoms with E-state index in [-0.39, 0.29) is 5.91 Å². The monoisotopic (exact) mass is 318 g/mol. The second-order valence-corrected chi connectivity index (χ2v) is 7.24. The lowest BCUT2D eigenvalue weighted by Crippen LogP contribution is -2.36. The Kier molecular flexibility index (Phi) is 4.47. The molecule has 1 atom stereocenters. The second-order valence-electron chi connectivity index (χ2n) is 5.99. The smallest absolute Gasteiger partial charge is 0.219 e. The Labute approximate surface area is 135 Å². The predicted molar refractivity (Wildman–Crippen MR) is 90.1 cm³/mol. The van der Waals surface area contributed by atoms with Gasteiger partial charge in [-0.3, -0.25) is 9.69 Å². The topological polar surface area (TPSA) is 43.8 Å². The lowest BCUT2D eigenvalue weighted by molar-refractivity contribution is -0.129. The van der Waals surface area contributed by atoms with Crippen molar-refractivity contribution >= 4 is 27.3 Å². The minimum atomic E-state index is -0.475. The van der Waals surface area contributed by atoms with Crippen molar-refractivity contribution in [3.05, 3.63) is 34.7 Å². The van der Waals surface area contributed by atoms with Gasteiger partial charge >= 0.3 is 0 Å². The van der Waals surface area contributed by atoms with Crippen molar-refractivity contribution in [2.24, 2.45) is 0 Å². The lowest BCUT2D eigenvalue weighted by Gasteiger charge is -2.21. The molecule has 1 aliphatic heterocycles. The minimum Gasteiger partial charge on any atom is -0.390 e. The van der Waals surface area contributed by atoms with Crippen LogP contribution in [0.25, 0.3) is 10.1 Å². The number of benzene rings is 1. The fourth-order valence-corrected chi connectivity index (χ4v) is 4.20. The summed E-state index contributed by atoms with van der Waals surface area (Å²) in [5.41, 5.74) is 1.35. The number of hydrogen-bond acceptors (Lipinski definition) is 4. The van der Waals surface area contributed by atoms with Crippen LogP contribution in [0, 0.1) is 6.92 Å². The molecule has 0 unspecified atom stereocenters. The van der Waals surface area contributed by atoms with E-state index in [9.17, 15) is 9.90 Å². The number of β-amino-alcohol motifs (C(OH)–C–C–N with tert-alkyl or cyclic N) is 1. The molecule has 1 aromatic carbocycles. The summed E-state index contributed by atoms with van der Waals surface area (Å²) < 4.78 is 1.32. The SMILES string of the molecule is CC(=O)N1CCN(Cc2c(C)sc3ccccc23)C[C@@H](O)C1. The van der Waals surface area contributed by atoms with E-state index in [0.717, 1.165) is 13.1 Å². The molecule has 5 heteroatoms. The van der Waals surface area contributed by atoms with Gasteiger partial charge in [-0.05, 0) is 23.9 Å². The van der Waals surface area contributed by atoms with Gasteiger partial charge in [0, 0.05) is 49.2 Å². The highest BCUT2D eigenvalue weighted by Gasteiger charge is 2.23. The number of fused-ring (bicyclic) bond motifs is 1. The third-order valence-electron chi connectivity index (χ3n) is 4.31. The zero-order valence-electron chi connectivity index (χ0n) is 13.1. The summed E-state index contributed by atoms with van der Waals surface area (Å²) in [7, 11) is 0. The van der Waals surface area contributed by atoms with Gasteiger partial charge in [-0.15, -0.1) is 11.3 Å². The van der Waals surface area contributed by atoms with Gasteiger partial charge in [-0.1, -0.05) is 18.2 Å². The molecule has 3 rings (SSSR count). The molecule has 2 aromatic rings. The average molecular weight is 318 g/mol. The summed E-state index contributed by atoms with van der Waals surface area (Å²) in [5, 5.41) is 11.5. The van der Waals surface area contributed by atoms with E-state index in [0.29, 0.717) is 19.6 Å². The van der Waals surface area contributed by atoms with Crippen LogP contribution in [0.3, 0.4) is 0 Å². The molecular weight excluding hydrogens is 296 g/mol. The number of hydrogen-bond donors (Lipinski definition) is 1. The molecule has 22 heavy (non-hydrogen) atoms. The predicted octanol–water partition coefficient (Wildman–Crippen LogP) is 2.23. The number of nitrogens with zero attached hydrogens (tertiary/aromatic N) is 2. The van der Waals surface area contributed by atoms with E-state index >= 15 is 0 Å². The van der Waals surface area contributed by atoms with Gasteiger partial charge in [0.1, 0.15) is 0 Å². The van der Waals surface area contributed by atoms with E-state index in [2.05, 4.69) is 36.1 Å². The van der Waals surface area contributed by atoms with Crippen LogP contribution in [0.2, 0.25) is 0 Å². The Bertz CT molecular complexity index is 682. The van der Waals surface area contributed by atoms with Crippen LogP contribution in [-0.4, -0.2) is 53.1 Å². The maximum Gasteiger partial charge on any atom is 0.219 e. The Hall–Kier alpha value is -1.43. The molecule has 1 fully saturated rings. The molecule has 0 radical (unpaired) electrons. The van der Waals surface area contributed by atoms with E-state index in [1.165, 1.54) is 20.5 Å². The van der Waals surface area contributed by atoms with Crippen LogP contribution < -0.4 is 0 Å². The van der Waals surface area contributed by atoms with E-state index < -0.39 is 6.10 Å². The van der Waals surface area contributed by atoms with Gasteiger partial charge in [0.05, 0.1) is 6.10 Å².